The molecule has 7 heteroatoms. The third-order valence-electron chi connectivity index (χ3n) is 4.66. The minimum atomic E-state index is -0.213. The maximum absolute atomic E-state index is 11.3. The van der Waals surface area contributed by atoms with E-state index in [0.29, 0.717) is 23.2 Å². The number of carbonyl (C=O) groups excluding carboxylic acids is 1. The highest BCUT2D eigenvalue weighted by atomic mass is 32.1. The first-order valence-corrected chi connectivity index (χ1v) is 9.21. The Kier molecular flexibility index (Phi) is 5.75. The minimum absolute atomic E-state index is 0.0461. The molecule has 0 bridgehead atoms. The van der Waals surface area contributed by atoms with Crippen molar-refractivity contribution in [2.75, 3.05) is 7.11 Å². The predicted octanol–water partition coefficient (Wildman–Crippen LogP) is 3.60. The van der Waals surface area contributed by atoms with E-state index in [0.717, 1.165) is 22.5 Å². The lowest BCUT2D eigenvalue weighted by Gasteiger charge is -2.05. The van der Waals surface area contributed by atoms with Crippen LogP contribution in [0.15, 0.2) is 54.7 Å². The largest absolute Gasteiger partial charge is 0.469 e. The zero-order chi connectivity index (χ0) is 20.3. The number of ether oxygens (including phenoxy) is 1. The van der Waals surface area contributed by atoms with Crippen LogP contribution in [-0.4, -0.2) is 28.0 Å². The number of aryl methyl sites for hydroxylation is 1. The average molecular weight is 395 g/mol. The summed E-state index contributed by atoms with van der Waals surface area (Å²) in [7, 11) is 3.33. The Labute approximate surface area is 168 Å². The lowest BCUT2D eigenvalue weighted by molar-refractivity contribution is -0.140. The molecular weight excluding hydrogens is 372 g/mol. The van der Waals surface area contributed by atoms with E-state index >= 15 is 0 Å². The van der Waals surface area contributed by atoms with Crippen LogP contribution in [0.1, 0.15) is 17.5 Å². The van der Waals surface area contributed by atoms with Crippen molar-refractivity contribution >= 4 is 24.0 Å². The second kappa shape index (κ2) is 8.22. The zero-order valence-corrected chi connectivity index (χ0v) is 16.6. The van der Waals surface area contributed by atoms with Gasteiger partial charge in [0.05, 0.1) is 12.8 Å². The van der Waals surface area contributed by atoms with E-state index in [2.05, 4.69) is 4.74 Å². The highest BCUT2D eigenvalue weighted by molar-refractivity contribution is 7.71. The topological polar surface area (TPSA) is 86.0 Å². The molecule has 3 N–H and O–H groups in total. The number of nitrogens with two attached hydrogens (primary N) is 1. The Bertz CT molecular complexity index is 1060. The third kappa shape index (κ3) is 4.04. The predicted molar refractivity (Wildman–Crippen MR) is 112 cm³/mol. The van der Waals surface area contributed by atoms with Gasteiger partial charge in [0.1, 0.15) is 5.84 Å². The van der Waals surface area contributed by atoms with Crippen LogP contribution in [-0.2, 0) is 23.0 Å². The minimum Gasteiger partial charge on any atom is -0.469 e. The molecule has 144 valence electrons. The summed E-state index contributed by atoms with van der Waals surface area (Å²) in [6.45, 7) is 0. The molecule has 28 heavy (non-hydrogen) atoms. The van der Waals surface area contributed by atoms with Crippen LogP contribution in [0, 0.1) is 10.2 Å². The molecule has 0 fully saturated rings. The first-order valence-electron chi connectivity index (χ1n) is 8.80. The number of nitrogen functional groups attached to an aromatic ring is 1. The molecule has 3 aromatic rings. The second-order valence-corrected chi connectivity index (χ2v) is 6.82. The van der Waals surface area contributed by atoms with Gasteiger partial charge in [-0.25, -0.2) is 0 Å². The van der Waals surface area contributed by atoms with Gasteiger partial charge in [-0.1, -0.05) is 36.4 Å². The van der Waals surface area contributed by atoms with E-state index in [1.807, 2.05) is 70.9 Å². The Morgan fingerprint density at radius 1 is 1.14 bits per heavy atom. The highest BCUT2D eigenvalue weighted by Gasteiger charge is 2.10. The summed E-state index contributed by atoms with van der Waals surface area (Å²) in [5, 5.41) is 7.51. The van der Waals surface area contributed by atoms with Crippen molar-refractivity contribution in [3.8, 4) is 16.9 Å². The van der Waals surface area contributed by atoms with Gasteiger partial charge in [0, 0.05) is 30.9 Å². The van der Waals surface area contributed by atoms with Gasteiger partial charge in [-0.2, -0.15) is 0 Å². The maximum Gasteiger partial charge on any atom is 0.305 e. The van der Waals surface area contributed by atoms with Crippen LogP contribution >= 0.6 is 12.2 Å². The standard InChI is InChI=1S/C21H22N4O2S/c1-24-18(15-6-8-16(9-7-15)20(22)23)13-25(21(24)28)17-10-3-14(4-11-17)5-12-19(26)27-2/h3-4,6-11,13H,5,12H2,1-2H3,(H3,22,23). The lowest BCUT2D eigenvalue weighted by Crippen LogP contribution is -2.10. The van der Waals surface area contributed by atoms with Crippen molar-refractivity contribution in [2.45, 2.75) is 12.8 Å². The molecule has 3 rings (SSSR count). The fraction of sp³-hybridized carbons (Fsp3) is 0.190. The monoisotopic (exact) mass is 394 g/mol. The van der Waals surface area contributed by atoms with Crippen molar-refractivity contribution in [1.29, 1.82) is 5.41 Å². The van der Waals surface area contributed by atoms with E-state index in [1.165, 1.54) is 7.11 Å². The number of benzene rings is 2. The maximum atomic E-state index is 11.3. The lowest BCUT2D eigenvalue weighted by atomic mass is 10.1. The number of hydrogen-bond acceptors (Lipinski definition) is 4. The molecule has 1 aromatic heterocycles. The van der Waals surface area contributed by atoms with Crippen LogP contribution in [0.25, 0.3) is 16.9 Å². The Balaban J connectivity index is 1.87. The van der Waals surface area contributed by atoms with Gasteiger partial charge in [-0.15, -0.1) is 0 Å². The van der Waals surface area contributed by atoms with Gasteiger partial charge in [0.2, 0.25) is 0 Å². The van der Waals surface area contributed by atoms with E-state index in [-0.39, 0.29) is 11.8 Å². The molecule has 0 aliphatic rings. The molecule has 0 amide bonds. The van der Waals surface area contributed by atoms with Crippen molar-refractivity contribution in [3.63, 3.8) is 0 Å². The summed E-state index contributed by atoms with van der Waals surface area (Å²) in [6.07, 6.45) is 3.00. The van der Waals surface area contributed by atoms with E-state index in [9.17, 15) is 4.79 Å². The molecule has 0 saturated heterocycles. The van der Waals surface area contributed by atoms with Gasteiger partial charge >= 0.3 is 5.97 Å². The molecule has 1 heterocycles. The van der Waals surface area contributed by atoms with Gasteiger partial charge in [-0.3, -0.25) is 14.8 Å². The smallest absolute Gasteiger partial charge is 0.305 e. The number of hydrogen-bond donors (Lipinski definition) is 2. The summed E-state index contributed by atoms with van der Waals surface area (Å²) >= 11 is 5.61. The normalized spacial score (nSPS) is 10.6. The summed E-state index contributed by atoms with van der Waals surface area (Å²) in [5.41, 5.74) is 10.2. The molecule has 0 radical (unpaired) electrons. The van der Waals surface area contributed by atoms with E-state index < -0.39 is 0 Å². The van der Waals surface area contributed by atoms with E-state index in [4.69, 9.17) is 23.4 Å². The van der Waals surface area contributed by atoms with E-state index in [1.54, 1.807) is 0 Å². The average Bonchev–Trinajstić information content (AvgIpc) is 3.01. The highest BCUT2D eigenvalue weighted by Crippen LogP contribution is 2.23. The van der Waals surface area contributed by atoms with Crippen LogP contribution in [0.5, 0.6) is 0 Å². The van der Waals surface area contributed by atoms with Gasteiger partial charge in [0.25, 0.3) is 0 Å². The SMILES string of the molecule is COC(=O)CCc1ccc(-n2cc(-c3ccc(C(=N)N)cc3)n(C)c2=S)cc1. The van der Waals surface area contributed by atoms with Gasteiger partial charge < -0.3 is 15.0 Å². The fourth-order valence-corrected chi connectivity index (χ4v) is 3.23. The van der Waals surface area contributed by atoms with Crippen LogP contribution in [0.3, 0.4) is 0 Å². The quantitative estimate of drug-likeness (QED) is 0.289. The number of nitrogens with zero attached hydrogens (tertiary/aromatic N) is 2. The van der Waals surface area contributed by atoms with Crippen LogP contribution in [0.2, 0.25) is 0 Å². The van der Waals surface area contributed by atoms with Crippen LogP contribution < -0.4 is 5.73 Å². The Hall–Kier alpha value is -3.19. The fourth-order valence-electron chi connectivity index (χ4n) is 2.97. The van der Waals surface area contributed by atoms with Crippen molar-refractivity contribution in [3.05, 3.63) is 70.6 Å². The van der Waals surface area contributed by atoms with Crippen molar-refractivity contribution in [2.24, 2.45) is 12.8 Å². The van der Waals surface area contributed by atoms with Crippen molar-refractivity contribution in [1.82, 2.24) is 9.13 Å². The number of carbonyl (C=O) groups is 1. The number of imidazole rings is 1. The summed E-state index contributed by atoms with van der Waals surface area (Å²) < 4.78 is 9.25. The number of aromatic nitrogens is 2. The molecule has 0 atom stereocenters. The molecule has 0 spiro atoms. The summed E-state index contributed by atoms with van der Waals surface area (Å²) in [4.78, 5) is 11.3. The Morgan fingerprint density at radius 2 is 1.79 bits per heavy atom. The number of esters is 1. The molecule has 2 aromatic carbocycles. The number of methoxy groups -OCH3 is 1. The van der Waals surface area contributed by atoms with Gasteiger partial charge in [-0.05, 0) is 41.9 Å². The van der Waals surface area contributed by atoms with Crippen molar-refractivity contribution < 1.29 is 9.53 Å². The first-order chi connectivity index (χ1) is 13.4. The molecule has 6 nitrogen and oxygen atoms in total. The molecule has 0 unspecified atom stereocenters. The number of rotatable bonds is 6. The zero-order valence-electron chi connectivity index (χ0n) is 15.8. The number of amidine groups is 1. The summed E-state index contributed by atoms with van der Waals surface area (Å²) in [6, 6.07) is 15.5. The third-order valence-corrected chi connectivity index (χ3v) is 5.13. The molecule has 0 saturated carbocycles. The number of nitrogens with one attached hydrogen (secondary N) is 1. The van der Waals surface area contributed by atoms with Gasteiger partial charge in [0.15, 0.2) is 4.77 Å². The summed E-state index contributed by atoms with van der Waals surface area (Å²) in [5.74, 6) is -0.167. The second-order valence-electron chi connectivity index (χ2n) is 6.46. The first kappa shape index (κ1) is 19.6. The molecule has 0 aliphatic heterocycles. The van der Waals surface area contributed by atoms with Crippen LogP contribution in [0.4, 0.5) is 0 Å². The molecular formula is C21H22N4O2S. The Morgan fingerprint density at radius 3 is 2.36 bits per heavy atom. The molecule has 0 aliphatic carbocycles.